The van der Waals surface area contributed by atoms with E-state index in [0.717, 1.165) is 24.2 Å². The van der Waals surface area contributed by atoms with Crippen LogP contribution in [0.25, 0.3) is 5.69 Å². The summed E-state index contributed by atoms with van der Waals surface area (Å²) in [5.41, 5.74) is 7.97. The van der Waals surface area contributed by atoms with Crippen molar-refractivity contribution in [3.63, 3.8) is 0 Å². The smallest absolute Gasteiger partial charge is 0.127 e. The molecule has 0 saturated heterocycles. The summed E-state index contributed by atoms with van der Waals surface area (Å²) < 4.78 is 1.78. The average Bonchev–Trinajstić information content (AvgIpc) is 2.61. The molecule has 78 valence electrons. The van der Waals surface area contributed by atoms with E-state index in [1.165, 1.54) is 0 Å². The van der Waals surface area contributed by atoms with Crippen LogP contribution in [0.3, 0.4) is 0 Å². The Balaban J connectivity index is 2.36. The molecule has 3 heteroatoms. The van der Waals surface area contributed by atoms with Gasteiger partial charge in [-0.05, 0) is 18.6 Å². The highest BCUT2D eigenvalue weighted by molar-refractivity contribution is 5.42. The fraction of sp³-hybridized carbons (Fsp3) is 0.250. The van der Waals surface area contributed by atoms with Gasteiger partial charge in [-0.1, -0.05) is 31.5 Å². The van der Waals surface area contributed by atoms with Crippen molar-refractivity contribution in [2.45, 2.75) is 19.8 Å². The van der Waals surface area contributed by atoms with Crippen molar-refractivity contribution in [2.24, 2.45) is 0 Å². The quantitative estimate of drug-likeness (QED) is 0.828. The summed E-state index contributed by atoms with van der Waals surface area (Å²) in [5, 5.41) is 4.46. The average molecular weight is 201 g/mol. The van der Waals surface area contributed by atoms with E-state index in [0.29, 0.717) is 5.82 Å². The van der Waals surface area contributed by atoms with Gasteiger partial charge in [0.05, 0.1) is 11.4 Å². The Labute approximate surface area is 89.5 Å². The van der Waals surface area contributed by atoms with Gasteiger partial charge in [0.1, 0.15) is 5.82 Å². The molecule has 0 aliphatic rings. The van der Waals surface area contributed by atoms with Crippen LogP contribution in [-0.4, -0.2) is 9.78 Å². The fourth-order valence-corrected chi connectivity index (χ4v) is 1.60. The van der Waals surface area contributed by atoms with Crippen molar-refractivity contribution in [1.82, 2.24) is 9.78 Å². The van der Waals surface area contributed by atoms with Gasteiger partial charge in [0.25, 0.3) is 0 Å². The Kier molecular flexibility index (Phi) is 2.72. The second-order valence-electron chi connectivity index (χ2n) is 3.56. The number of rotatable bonds is 3. The van der Waals surface area contributed by atoms with E-state index >= 15 is 0 Å². The van der Waals surface area contributed by atoms with Crippen LogP contribution in [0.5, 0.6) is 0 Å². The van der Waals surface area contributed by atoms with E-state index in [1.54, 1.807) is 4.68 Å². The van der Waals surface area contributed by atoms with Gasteiger partial charge in [-0.3, -0.25) is 0 Å². The summed E-state index contributed by atoms with van der Waals surface area (Å²) in [7, 11) is 0. The minimum atomic E-state index is 0.699. The van der Waals surface area contributed by atoms with E-state index in [1.807, 2.05) is 36.4 Å². The molecule has 0 saturated carbocycles. The first kappa shape index (κ1) is 9.77. The van der Waals surface area contributed by atoms with Gasteiger partial charge < -0.3 is 5.73 Å². The van der Waals surface area contributed by atoms with Gasteiger partial charge in [0, 0.05) is 6.07 Å². The first-order valence-corrected chi connectivity index (χ1v) is 5.21. The first-order valence-electron chi connectivity index (χ1n) is 5.21. The Morgan fingerprint density at radius 3 is 2.67 bits per heavy atom. The second-order valence-corrected chi connectivity index (χ2v) is 3.56. The van der Waals surface area contributed by atoms with Gasteiger partial charge in [-0.25, -0.2) is 4.68 Å². The molecule has 0 fully saturated rings. The minimum Gasteiger partial charge on any atom is -0.384 e. The largest absolute Gasteiger partial charge is 0.384 e. The van der Waals surface area contributed by atoms with E-state index in [9.17, 15) is 0 Å². The zero-order chi connectivity index (χ0) is 10.7. The van der Waals surface area contributed by atoms with Crippen LogP contribution in [-0.2, 0) is 6.42 Å². The Morgan fingerprint density at radius 2 is 2.00 bits per heavy atom. The highest BCUT2D eigenvalue weighted by atomic mass is 15.3. The van der Waals surface area contributed by atoms with Crippen molar-refractivity contribution in [3.8, 4) is 5.69 Å². The number of nitrogens with two attached hydrogens (primary N) is 1. The number of nitrogens with zero attached hydrogens (tertiary/aromatic N) is 2. The predicted octanol–water partition coefficient (Wildman–Crippen LogP) is 2.41. The van der Waals surface area contributed by atoms with Crippen molar-refractivity contribution in [2.75, 3.05) is 5.73 Å². The molecule has 2 rings (SSSR count). The lowest BCUT2D eigenvalue weighted by Gasteiger charge is -2.02. The highest BCUT2D eigenvalue weighted by Crippen LogP contribution is 2.14. The van der Waals surface area contributed by atoms with E-state index < -0.39 is 0 Å². The molecule has 0 atom stereocenters. The summed E-state index contributed by atoms with van der Waals surface area (Å²) >= 11 is 0. The van der Waals surface area contributed by atoms with Gasteiger partial charge >= 0.3 is 0 Å². The van der Waals surface area contributed by atoms with Crippen molar-refractivity contribution in [1.29, 1.82) is 0 Å². The Hall–Kier alpha value is -1.77. The molecule has 0 spiro atoms. The van der Waals surface area contributed by atoms with Gasteiger partial charge in [-0.2, -0.15) is 5.10 Å². The van der Waals surface area contributed by atoms with Crippen LogP contribution in [0.1, 0.15) is 19.0 Å². The lowest BCUT2D eigenvalue weighted by atomic mass is 10.2. The molecule has 0 aliphatic carbocycles. The predicted molar refractivity (Wildman–Crippen MR) is 62.0 cm³/mol. The third-order valence-corrected chi connectivity index (χ3v) is 2.29. The molecule has 0 unspecified atom stereocenters. The molecule has 1 aromatic heterocycles. The van der Waals surface area contributed by atoms with Gasteiger partial charge in [-0.15, -0.1) is 0 Å². The molecule has 0 bridgehead atoms. The van der Waals surface area contributed by atoms with Crippen molar-refractivity contribution in [3.05, 3.63) is 42.1 Å². The molecular formula is C12H15N3. The van der Waals surface area contributed by atoms with Crippen LogP contribution in [0.4, 0.5) is 5.82 Å². The maximum atomic E-state index is 5.90. The Morgan fingerprint density at radius 1 is 1.27 bits per heavy atom. The highest BCUT2D eigenvalue weighted by Gasteiger charge is 2.05. The second kappa shape index (κ2) is 4.17. The molecule has 0 radical (unpaired) electrons. The number of benzene rings is 1. The van der Waals surface area contributed by atoms with Crippen LogP contribution in [0.15, 0.2) is 36.4 Å². The van der Waals surface area contributed by atoms with E-state index in [2.05, 4.69) is 12.0 Å². The van der Waals surface area contributed by atoms with Crippen LogP contribution in [0.2, 0.25) is 0 Å². The molecular weight excluding hydrogens is 186 g/mol. The standard InChI is InChI=1S/C12H15N3/c1-2-6-10-9-12(13)15(14-10)11-7-4-3-5-8-11/h3-5,7-9H,2,6,13H2,1H3. The normalized spacial score (nSPS) is 10.5. The zero-order valence-electron chi connectivity index (χ0n) is 8.85. The molecule has 1 heterocycles. The summed E-state index contributed by atoms with van der Waals surface area (Å²) in [5.74, 6) is 0.699. The molecule has 0 aliphatic heterocycles. The molecule has 3 nitrogen and oxygen atoms in total. The topological polar surface area (TPSA) is 43.8 Å². The van der Waals surface area contributed by atoms with Crippen molar-refractivity contribution >= 4 is 5.82 Å². The number of hydrogen-bond donors (Lipinski definition) is 1. The van der Waals surface area contributed by atoms with E-state index in [4.69, 9.17) is 5.73 Å². The van der Waals surface area contributed by atoms with Crippen LogP contribution in [0, 0.1) is 0 Å². The SMILES string of the molecule is CCCc1cc(N)n(-c2ccccc2)n1. The number of aromatic nitrogens is 2. The number of hydrogen-bond acceptors (Lipinski definition) is 2. The summed E-state index contributed by atoms with van der Waals surface area (Å²) in [6, 6.07) is 11.9. The Bertz CT molecular complexity index is 431. The number of anilines is 1. The summed E-state index contributed by atoms with van der Waals surface area (Å²) in [4.78, 5) is 0. The van der Waals surface area contributed by atoms with Gasteiger partial charge in [0.2, 0.25) is 0 Å². The summed E-state index contributed by atoms with van der Waals surface area (Å²) in [6.07, 6.45) is 2.06. The molecule has 2 aromatic rings. The minimum absolute atomic E-state index is 0.699. The molecule has 0 amide bonds. The van der Waals surface area contributed by atoms with Crippen LogP contribution < -0.4 is 5.73 Å². The zero-order valence-corrected chi connectivity index (χ0v) is 8.85. The van der Waals surface area contributed by atoms with Gasteiger partial charge in [0.15, 0.2) is 0 Å². The third kappa shape index (κ3) is 2.01. The number of nitrogen functional groups attached to an aromatic ring is 1. The lowest BCUT2D eigenvalue weighted by Crippen LogP contribution is -2.01. The van der Waals surface area contributed by atoms with Crippen molar-refractivity contribution < 1.29 is 0 Å². The van der Waals surface area contributed by atoms with Crippen LogP contribution >= 0.6 is 0 Å². The maximum absolute atomic E-state index is 5.90. The number of aryl methyl sites for hydroxylation is 1. The summed E-state index contributed by atoms with van der Waals surface area (Å²) in [6.45, 7) is 2.14. The molecule has 1 aromatic carbocycles. The number of para-hydroxylation sites is 1. The lowest BCUT2D eigenvalue weighted by molar-refractivity contribution is 0.811. The molecule has 2 N–H and O–H groups in total. The van der Waals surface area contributed by atoms with E-state index in [-0.39, 0.29) is 0 Å². The molecule has 15 heavy (non-hydrogen) atoms. The fourth-order valence-electron chi connectivity index (χ4n) is 1.60. The monoisotopic (exact) mass is 201 g/mol. The third-order valence-electron chi connectivity index (χ3n) is 2.29. The first-order chi connectivity index (χ1) is 7.31. The maximum Gasteiger partial charge on any atom is 0.127 e.